The van der Waals surface area contributed by atoms with Gasteiger partial charge in [0.25, 0.3) is 0 Å². The highest BCUT2D eigenvalue weighted by molar-refractivity contribution is 9.10. The zero-order valence-electron chi connectivity index (χ0n) is 15.3. The maximum atomic E-state index is 12.7. The molecule has 2 aliphatic rings. The first kappa shape index (κ1) is 19.3. The smallest absolute Gasteiger partial charge is 0.205 e. The van der Waals surface area contributed by atoms with Gasteiger partial charge in [0, 0.05) is 18.4 Å². The monoisotopic (exact) mass is 432 g/mol. The summed E-state index contributed by atoms with van der Waals surface area (Å²) in [6.45, 7) is 4.72. The molecule has 1 heterocycles. The molecule has 1 aliphatic carbocycles. The van der Waals surface area contributed by atoms with Gasteiger partial charge in [0.1, 0.15) is 17.4 Å². The van der Waals surface area contributed by atoms with Crippen molar-refractivity contribution in [3.05, 3.63) is 45.0 Å². The van der Waals surface area contributed by atoms with Crippen LogP contribution >= 0.6 is 15.9 Å². The lowest BCUT2D eigenvalue weighted by atomic mass is 9.77. The standard InChI is InChI=1S/C20H21BrN2O4/c1-3-25-16-9-11(8-13(21)19(16)26-4-2)17-12(10-22)20(23)27-15-7-5-6-14(24)18(15)17/h8-9,17H,3-7,23H2,1-2H3/t17-/m1/s1. The first-order valence-corrected chi connectivity index (χ1v) is 9.73. The van der Waals surface area contributed by atoms with Crippen molar-refractivity contribution in [1.82, 2.24) is 0 Å². The van der Waals surface area contributed by atoms with Crippen molar-refractivity contribution in [3.63, 3.8) is 0 Å². The first-order chi connectivity index (χ1) is 13.0. The van der Waals surface area contributed by atoms with Gasteiger partial charge in [-0.3, -0.25) is 4.79 Å². The van der Waals surface area contributed by atoms with Crippen LogP contribution in [0, 0.1) is 11.3 Å². The Morgan fingerprint density at radius 1 is 1.30 bits per heavy atom. The van der Waals surface area contributed by atoms with Gasteiger partial charge in [0.2, 0.25) is 5.88 Å². The van der Waals surface area contributed by atoms with Crippen LogP contribution in [0.5, 0.6) is 11.5 Å². The Balaban J connectivity index is 2.19. The molecule has 7 heteroatoms. The quantitative estimate of drug-likeness (QED) is 0.753. The van der Waals surface area contributed by atoms with Crippen molar-refractivity contribution >= 4 is 21.7 Å². The fourth-order valence-corrected chi connectivity index (χ4v) is 4.07. The summed E-state index contributed by atoms with van der Waals surface area (Å²) >= 11 is 3.53. The highest BCUT2D eigenvalue weighted by Crippen LogP contribution is 2.47. The average Bonchev–Trinajstić information content (AvgIpc) is 2.63. The Labute approximate surface area is 166 Å². The summed E-state index contributed by atoms with van der Waals surface area (Å²) in [7, 11) is 0. The van der Waals surface area contributed by atoms with Crippen LogP contribution in [0.25, 0.3) is 0 Å². The van der Waals surface area contributed by atoms with Crippen LogP contribution in [0.3, 0.4) is 0 Å². The predicted octanol–water partition coefficient (Wildman–Crippen LogP) is 4.06. The van der Waals surface area contributed by atoms with E-state index in [-0.39, 0.29) is 17.2 Å². The molecule has 1 aliphatic heterocycles. The van der Waals surface area contributed by atoms with E-state index in [0.29, 0.717) is 53.4 Å². The zero-order chi connectivity index (χ0) is 19.6. The van der Waals surface area contributed by atoms with Gasteiger partial charge in [-0.25, -0.2) is 0 Å². The van der Waals surface area contributed by atoms with Gasteiger partial charge in [-0.1, -0.05) is 0 Å². The van der Waals surface area contributed by atoms with Gasteiger partial charge in [0.05, 0.1) is 23.6 Å². The minimum Gasteiger partial charge on any atom is -0.490 e. The number of ketones is 1. The van der Waals surface area contributed by atoms with Gasteiger partial charge in [0.15, 0.2) is 17.3 Å². The number of nitrogens with zero attached hydrogens (tertiary/aromatic N) is 1. The van der Waals surface area contributed by atoms with Gasteiger partial charge >= 0.3 is 0 Å². The molecule has 0 saturated heterocycles. The fourth-order valence-electron chi connectivity index (χ4n) is 3.49. The lowest BCUT2D eigenvalue weighted by Gasteiger charge is -2.31. The van der Waals surface area contributed by atoms with Crippen molar-refractivity contribution in [2.24, 2.45) is 5.73 Å². The normalized spacial score (nSPS) is 19.3. The molecule has 2 N–H and O–H groups in total. The second kappa shape index (κ2) is 8.05. The van der Waals surface area contributed by atoms with E-state index in [1.807, 2.05) is 26.0 Å². The predicted molar refractivity (Wildman–Crippen MR) is 103 cm³/mol. The number of benzene rings is 1. The molecular formula is C20H21BrN2O4. The number of ether oxygens (including phenoxy) is 3. The molecule has 0 radical (unpaired) electrons. The molecule has 0 saturated carbocycles. The summed E-state index contributed by atoms with van der Waals surface area (Å²) < 4.78 is 17.7. The number of rotatable bonds is 5. The summed E-state index contributed by atoms with van der Waals surface area (Å²) in [5.74, 6) is 1.18. The Kier molecular flexibility index (Phi) is 5.76. The third-order valence-corrected chi connectivity index (χ3v) is 5.15. The first-order valence-electron chi connectivity index (χ1n) is 8.94. The maximum Gasteiger partial charge on any atom is 0.205 e. The molecule has 0 fully saturated rings. The molecule has 0 unspecified atom stereocenters. The van der Waals surface area contributed by atoms with Crippen LogP contribution in [0.1, 0.15) is 44.6 Å². The zero-order valence-corrected chi connectivity index (χ0v) is 16.9. The van der Waals surface area contributed by atoms with Gasteiger partial charge in [-0.2, -0.15) is 5.26 Å². The second-order valence-corrected chi connectivity index (χ2v) is 7.09. The van der Waals surface area contributed by atoms with Crippen molar-refractivity contribution in [2.45, 2.75) is 39.0 Å². The largest absolute Gasteiger partial charge is 0.490 e. The topological polar surface area (TPSA) is 94.6 Å². The molecule has 1 atom stereocenters. The third kappa shape index (κ3) is 3.54. The van der Waals surface area contributed by atoms with Gasteiger partial charge < -0.3 is 19.9 Å². The molecule has 0 spiro atoms. The molecule has 0 aromatic heterocycles. The number of carbonyl (C=O) groups excluding carboxylic acids is 1. The van der Waals surface area contributed by atoms with Crippen LogP contribution in [-0.4, -0.2) is 19.0 Å². The molecule has 142 valence electrons. The summed E-state index contributed by atoms with van der Waals surface area (Å²) in [6.07, 6.45) is 1.79. The van der Waals surface area contributed by atoms with Crippen molar-refractivity contribution in [2.75, 3.05) is 13.2 Å². The van der Waals surface area contributed by atoms with Gasteiger partial charge in [-0.05, 0) is 53.9 Å². The summed E-state index contributed by atoms with van der Waals surface area (Å²) in [5, 5.41) is 9.68. The van der Waals surface area contributed by atoms with E-state index in [4.69, 9.17) is 19.9 Å². The highest BCUT2D eigenvalue weighted by Gasteiger charge is 2.38. The lowest BCUT2D eigenvalue weighted by Crippen LogP contribution is -2.27. The number of halogens is 1. The number of hydrogen-bond acceptors (Lipinski definition) is 6. The number of Topliss-reactive ketones (excluding diaryl/α,β-unsaturated/α-hetero) is 1. The minimum atomic E-state index is -0.572. The van der Waals surface area contributed by atoms with Gasteiger partial charge in [-0.15, -0.1) is 0 Å². The molecule has 27 heavy (non-hydrogen) atoms. The molecule has 1 aromatic rings. The molecule has 6 nitrogen and oxygen atoms in total. The fraction of sp³-hybridized carbons (Fsp3) is 0.400. The van der Waals surface area contributed by atoms with E-state index in [1.165, 1.54) is 0 Å². The Morgan fingerprint density at radius 3 is 2.70 bits per heavy atom. The van der Waals surface area contributed by atoms with E-state index < -0.39 is 5.92 Å². The molecule has 3 rings (SSSR count). The van der Waals surface area contributed by atoms with Crippen LogP contribution in [0.2, 0.25) is 0 Å². The number of nitriles is 1. The highest BCUT2D eigenvalue weighted by atomic mass is 79.9. The van der Waals surface area contributed by atoms with Crippen LogP contribution in [0.4, 0.5) is 0 Å². The number of allylic oxidation sites excluding steroid dienone is 3. The maximum absolute atomic E-state index is 12.7. The van der Waals surface area contributed by atoms with Crippen LogP contribution in [-0.2, 0) is 9.53 Å². The number of hydrogen-bond donors (Lipinski definition) is 1. The summed E-state index contributed by atoms with van der Waals surface area (Å²) in [6, 6.07) is 5.78. The second-order valence-electron chi connectivity index (χ2n) is 6.23. The van der Waals surface area contributed by atoms with Crippen molar-refractivity contribution in [3.8, 4) is 17.6 Å². The van der Waals surface area contributed by atoms with E-state index in [2.05, 4.69) is 22.0 Å². The lowest BCUT2D eigenvalue weighted by molar-refractivity contribution is -0.116. The Hall–Kier alpha value is -2.46. The van der Waals surface area contributed by atoms with Crippen molar-refractivity contribution in [1.29, 1.82) is 5.26 Å². The number of nitrogens with two attached hydrogens (primary N) is 1. The van der Waals surface area contributed by atoms with Crippen LogP contribution < -0.4 is 15.2 Å². The minimum absolute atomic E-state index is 0.00975. The molecular weight excluding hydrogens is 412 g/mol. The summed E-state index contributed by atoms with van der Waals surface area (Å²) in [5.41, 5.74) is 7.50. The van der Waals surface area contributed by atoms with E-state index in [0.717, 1.165) is 12.0 Å². The van der Waals surface area contributed by atoms with Crippen molar-refractivity contribution < 1.29 is 19.0 Å². The Bertz CT molecular complexity index is 883. The Morgan fingerprint density at radius 2 is 2.04 bits per heavy atom. The molecule has 0 amide bonds. The average molecular weight is 433 g/mol. The third-order valence-electron chi connectivity index (χ3n) is 4.56. The molecule has 0 bridgehead atoms. The summed E-state index contributed by atoms with van der Waals surface area (Å²) in [4.78, 5) is 12.7. The SMILES string of the molecule is CCOc1cc([C@@H]2C(C#N)=C(N)OC3=C2C(=O)CCC3)cc(Br)c1OCC. The van der Waals surface area contributed by atoms with Crippen LogP contribution in [0.15, 0.2) is 39.4 Å². The number of carbonyl (C=O) groups is 1. The van der Waals surface area contributed by atoms with E-state index in [9.17, 15) is 10.1 Å². The molecule has 1 aromatic carbocycles. The van der Waals surface area contributed by atoms with E-state index in [1.54, 1.807) is 0 Å². The van der Waals surface area contributed by atoms with E-state index >= 15 is 0 Å².